The molecular weight excluding hydrogens is 280 g/mol. The van der Waals surface area contributed by atoms with E-state index in [1.807, 2.05) is 5.38 Å². The highest BCUT2D eigenvalue weighted by molar-refractivity contribution is 7.13. The second-order valence-electron chi connectivity index (χ2n) is 4.63. The van der Waals surface area contributed by atoms with Gasteiger partial charge in [-0.3, -0.25) is 4.79 Å². The molecule has 1 N–H and O–H groups in total. The van der Waals surface area contributed by atoms with Crippen molar-refractivity contribution in [1.82, 2.24) is 4.98 Å². The molecule has 0 spiro atoms. The number of hydrogen-bond acceptors (Lipinski definition) is 5. The van der Waals surface area contributed by atoms with Gasteiger partial charge in [0.25, 0.3) is 0 Å². The summed E-state index contributed by atoms with van der Waals surface area (Å²) in [6, 6.07) is 4.76. The number of carboxylic acids is 1. The van der Waals surface area contributed by atoms with Crippen LogP contribution in [0, 0.1) is 0 Å². The van der Waals surface area contributed by atoms with Crippen molar-refractivity contribution in [3.63, 3.8) is 0 Å². The van der Waals surface area contributed by atoms with Crippen LogP contribution >= 0.6 is 22.7 Å². The Bertz CT molecular complexity index is 561. The summed E-state index contributed by atoms with van der Waals surface area (Å²) in [5.74, 6) is -0.826. The smallest absolute Gasteiger partial charge is 0.309 e. The Morgan fingerprint density at radius 3 is 2.95 bits per heavy atom. The number of thiophene rings is 1. The molecule has 0 amide bonds. The van der Waals surface area contributed by atoms with Crippen LogP contribution in [-0.2, 0) is 17.8 Å². The molecule has 100 valence electrons. The molecular formula is C13H14N2O2S2. The minimum atomic E-state index is -0.826. The second-order valence-corrected chi connectivity index (χ2v) is 6.50. The summed E-state index contributed by atoms with van der Waals surface area (Å²) in [7, 11) is 0. The van der Waals surface area contributed by atoms with Gasteiger partial charge in [0.2, 0.25) is 0 Å². The topological polar surface area (TPSA) is 53.4 Å². The molecule has 4 nitrogen and oxygen atoms in total. The number of hydrogen-bond donors (Lipinski definition) is 1. The van der Waals surface area contributed by atoms with Gasteiger partial charge in [0.05, 0.1) is 18.7 Å². The third-order valence-corrected chi connectivity index (χ3v) is 4.80. The van der Waals surface area contributed by atoms with E-state index in [9.17, 15) is 4.79 Å². The first-order valence-corrected chi connectivity index (χ1v) is 7.93. The van der Waals surface area contributed by atoms with Gasteiger partial charge >= 0.3 is 5.97 Å². The van der Waals surface area contributed by atoms with Crippen molar-refractivity contribution < 1.29 is 9.90 Å². The van der Waals surface area contributed by atoms with Crippen LogP contribution in [0.15, 0.2) is 22.9 Å². The molecule has 1 aliphatic carbocycles. The van der Waals surface area contributed by atoms with Crippen LogP contribution < -0.4 is 4.90 Å². The molecule has 1 fully saturated rings. The molecule has 3 rings (SSSR count). The van der Waals surface area contributed by atoms with Gasteiger partial charge in [-0.2, -0.15) is 0 Å². The van der Waals surface area contributed by atoms with E-state index < -0.39 is 5.97 Å². The van der Waals surface area contributed by atoms with Gasteiger partial charge in [-0.05, 0) is 24.3 Å². The standard InChI is InChI=1S/C13H14N2O2S2/c16-12(17)6-9-8-19-13(14-9)15(10-3-4-10)7-11-2-1-5-18-11/h1-2,5,8,10H,3-4,6-7H2,(H,16,17). The summed E-state index contributed by atoms with van der Waals surface area (Å²) < 4.78 is 0. The first-order chi connectivity index (χ1) is 9.22. The number of carbonyl (C=O) groups is 1. The molecule has 2 aromatic rings. The molecule has 2 heterocycles. The molecule has 2 aromatic heterocycles. The quantitative estimate of drug-likeness (QED) is 0.890. The molecule has 19 heavy (non-hydrogen) atoms. The van der Waals surface area contributed by atoms with Crippen LogP contribution in [0.2, 0.25) is 0 Å². The zero-order valence-electron chi connectivity index (χ0n) is 10.3. The molecule has 0 unspecified atom stereocenters. The fraction of sp³-hybridized carbons (Fsp3) is 0.385. The number of anilines is 1. The Morgan fingerprint density at radius 2 is 2.32 bits per heavy atom. The van der Waals surface area contributed by atoms with E-state index in [0.717, 1.165) is 11.7 Å². The highest BCUT2D eigenvalue weighted by Crippen LogP contribution is 2.35. The molecule has 6 heteroatoms. The first-order valence-electron chi connectivity index (χ1n) is 6.17. The molecule has 0 aromatic carbocycles. The fourth-order valence-electron chi connectivity index (χ4n) is 1.97. The summed E-state index contributed by atoms with van der Waals surface area (Å²) in [5.41, 5.74) is 0.657. The lowest BCUT2D eigenvalue weighted by atomic mass is 10.3. The Morgan fingerprint density at radius 1 is 1.47 bits per heavy atom. The SMILES string of the molecule is O=C(O)Cc1csc(N(Cc2cccs2)C2CC2)n1. The van der Waals surface area contributed by atoms with Crippen molar-refractivity contribution >= 4 is 33.8 Å². The lowest BCUT2D eigenvalue weighted by molar-refractivity contribution is -0.136. The van der Waals surface area contributed by atoms with E-state index >= 15 is 0 Å². The van der Waals surface area contributed by atoms with Crippen LogP contribution in [0.4, 0.5) is 5.13 Å². The average molecular weight is 294 g/mol. The third-order valence-electron chi connectivity index (χ3n) is 3.01. The van der Waals surface area contributed by atoms with Gasteiger partial charge in [-0.1, -0.05) is 6.07 Å². The normalized spacial score (nSPS) is 14.5. The van der Waals surface area contributed by atoms with E-state index in [2.05, 4.69) is 27.4 Å². The molecule has 0 atom stereocenters. The molecule has 0 saturated heterocycles. The van der Waals surface area contributed by atoms with Gasteiger partial charge < -0.3 is 10.0 Å². The van der Waals surface area contributed by atoms with Crippen LogP contribution in [0.1, 0.15) is 23.4 Å². The van der Waals surface area contributed by atoms with Crippen molar-refractivity contribution in [2.75, 3.05) is 4.90 Å². The van der Waals surface area contributed by atoms with E-state index in [-0.39, 0.29) is 6.42 Å². The molecule has 1 saturated carbocycles. The monoisotopic (exact) mass is 294 g/mol. The second kappa shape index (κ2) is 5.30. The minimum Gasteiger partial charge on any atom is -0.481 e. The summed E-state index contributed by atoms with van der Waals surface area (Å²) in [5, 5.41) is 13.7. The number of thiazole rings is 1. The van der Waals surface area contributed by atoms with Crippen molar-refractivity contribution in [2.45, 2.75) is 31.8 Å². The Hall–Kier alpha value is -1.40. The fourth-order valence-corrected chi connectivity index (χ4v) is 3.57. The number of rotatable bonds is 6. The highest BCUT2D eigenvalue weighted by Gasteiger charge is 2.31. The third kappa shape index (κ3) is 3.13. The Kier molecular flexibility index (Phi) is 3.52. The van der Waals surface area contributed by atoms with Crippen LogP contribution in [0.5, 0.6) is 0 Å². The number of nitrogens with zero attached hydrogens (tertiary/aromatic N) is 2. The summed E-state index contributed by atoms with van der Waals surface area (Å²) in [6.07, 6.45) is 2.42. The lowest BCUT2D eigenvalue weighted by Crippen LogP contribution is -2.24. The van der Waals surface area contributed by atoms with Crippen LogP contribution in [0.3, 0.4) is 0 Å². The maximum atomic E-state index is 10.7. The Labute approximate surface area is 119 Å². The van der Waals surface area contributed by atoms with Crippen molar-refractivity contribution in [1.29, 1.82) is 0 Å². The average Bonchev–Trinajstić information content (AvgIpc) is 2.87. The molecule has 1 aliphatic rings. The first kappa shape index (κ1) is 12.6. The maximum Gasteiger partial charge on any atom is 0.309 e. The lowest BCUT2D eigenvalue weighted by Gasteiger charge is -2.20. The predicted molar refractivity (Wildman–Crippen MR) is 77.0 cm³/mol. The van der Waals surface area contributed by atoms with Crippen molar-refractivity contribution in [3.8, 4) is 0 Å². The largest absolute Gasteiger partial charge is 0.481 e. The van der Waals surface area contributed by atoms with E-state index in [0.29, 0.717) is 11.7 Å². The number of aromatic nitrogens is 1. The molecule has 0 aliphatic heterocycles. The summed E-state index contributed by atoms with van der Waals surface area (Å²) in [6.45, 7) is 0.877. The zero-order valence-corrected chi connectivity index (χ0v) is 11.9. The molecule has 0 radical (unpaired) electrons. The number of aliphatic carboxylic acids is 1. The Balaban J connectivity index is 1.76. The van der Waals surface area contributed by atoms with Crippen LogP contribution in [-0.4, -0.2) is 22.1 Å². The van der Waals surface area contributed by atoms with E-state index in [1.54, 1.807) is 22.7 Å². The summed E-state index contributed by atoms with van der Waals surface area (Å²) in [4.78, 5) is 18.8. The maximum absolute atomic E-state index is 10.7. The van der Waals surface area contributed by atoms with Gasteiger partial charge in [-0.15, -0.1) is 22.7 Å². The van der Waals surface area contributed by atoms with E-state index in [1.165, 1.54) is 17.7 Å². The van der Waals surface area contributed by atoms with Gasteiger partial charge in [-0.25, -0.2) is 4.98 Å². The van der Waals surface area contributed by atoms with Crippen molar-refractivity contribution in [3.05, 3.63) is 33.5 Å². The minimum absolute atomic E-state index is 0.00795. The molecule has 0 bridgehead atoms. The van der Waals surface area contributed by atoms with Gasteiger partial charge in [0.15, 0.2) is 5.13 Å². The van der Waals surface area contributed by atoms with E-state index in [4.69, 9.17) is 5.11 Å². The zero-order chi connectivity index (χ0) is 13.2. The number of carboxylic acid groups (broad SMARTS) is 1. The summed E-state index contributed by atoms with van der Waals surface area (Å²) >= 11 is 3.30. The van der Waals surface area contributed by atoms with Crippen molar-refractivity contribution in [2.24, 2.45) is 0 Å². The predicted octanol–water partition coefficient (Wildman–Crippen LogP) is 3.00. The van der Waals surface area contributed by atoms with Gasteiger partial charge in [0.1, 0.15) is 0 Å². The van der Waals surface area contributed by atoms with Gasteiger partial charge in [0, 0.05) is 16.3 Å². The van der Waals surface area contributed by atoms with Crippen LogP contribution in [0.25, 0.3) is 0 Å². The highest BCUT2D eigenvalue weighted by atomic mass is 32.1.